The maximum atomic E-state index is 11.7. The summed E-state index contributed by atoms with van der Waals surface area (Å²) in [5, 5.41) is 37.4. The first-order valence-electron chi connectivity index (χ1n) is 7.98. The van der Waals surface area contributed by atoms with E-state index in [4.69, 9.17) is 0 Å². The number of carbonyl (C=O) groups is 1. The highest BCUT2D eigenvalue weighted by atomic mass is 16.4. The van der Waals surface area contributed by atoms with Crippen molar-refractivity contribution < 1.29 is 9.90 Å². The number of carboxylic acid groups (broad SMARTS) is 1. The van der Waals surface area contributed by atoms with Crippen LogP contribution in [0.5, 0.6) is 0 Å². The number of hydrogen-bond donors (Lipinski definition) is 3. The van der Waals surface area contributed by atoms with Gasteiger partial charge in [0, 0.05) is 11.5 Å². The number of aliphatic carboxylic acids is 1. The highest BCUT2D eigenvalue weighted by molar-refractivity contribution is 5.71. The van der Waals surface area contributed by atoms with Crippen molar-refractivity contribution >= 4 is 5.97 Å². The number of nitrogens with zero attached hydrogens (tertiary/aromatic N) is 6. The number of hydrogen-bond acceptors (Lipinski definition) is 7. The molecular weight excluding hydrogens is 324 g/mol. The van der Waals surface area contributed by atoms with Gasteiger partial charge in [0.15, 0.2) is 5.82 Å². The fraction of sp³-hybridized carbons (Fsp3) is 0.400. The summed E-state index contributed by atoms with van der Waals surface area (Å²) in [4.78, 5) is 11.7. The first-order valence-corrected chi connectivity index (χ1v) is 7.98. The zero-order valence-electron chi connectivity index (χ0n) is 13.6. The van der Waals surface area contributed by atoms with Gasteiger partial charge in [0.2, 0.25) is 5.82 Å². The molecule has 130 valence electrons. The molecule has 10 heteroatoms. The van der Waals surface area contributed by atoms with Crippen molar-refractivity contribution in [3.63, 3.8) is 0 Å². The Labute approximate surface area is 143 Å². The summed E-state index contributed by atoms with van der Waals surface area (Å²) in [6.45, 7) is 1.96. The van der Waals surface area contributed by atoms with E-state index in [1.807, 2.05) is 31.2 Å². The molecule has 0 unspecified atom stereocenters. The van der Waals surface area contributed by atoms with E-state index in [1.54, 1.807) is 0 Å². The van der Waals surface area contributed by atoms with Gasteiger partial charge in [0.1, 0.15) is 0 Å². The number of aromatic amines is 2. The fourth-order valence-corrected chi connectivity index (χ4v) is 2.88. The molecule has 3 N–H and O–H groups in total. The van der Waals surface area contributed by atoms with Crippen molar-refractivity contribution in [2.75, 3.05) is 0 Å². The molecule has 0 bridgehead atoms. The Morgan fingerprint density at radius 3 is 2.40 bits per heavy atom. The van der Waals surface area contributed by atoms with E-state index in [0.717, 1.165) is 17.5 Å². The fourth-order valence-electron chi connectivity index (χ4n) is 2.88. The van der Waals surface area contributed by atoms with Crippen LogP contribution in [0.1, 0.15) is 37.1 Å². The van der Waals surface area contributed by atoms with E-state index in [-0.39, 0.29) is 5.92 Å². The van der Waals surface area contributed by atoms with E-state index in [0.29, 0.717) is 24.5 Å². The minimum absolute atomic E-state index is 0.354. The van der Waals surface area contributed by atoms with Gasteiger partial charge in [-0.3, -0.25) is 4.79 Å². The van der Waals surface area contributed by atoms with Crippen LogP contribution in [0, 0.1) is 5.92 Å². The molecule has 0 aliphatic heterocycles. The Kier molecular flexibility index (Phi) is 5.07. The molecule has 2 heterocycles. The Bertz CT molecular complexity index is 786. The molecule has 0 saturated carbocycles. The summed E-state index contributed by atoms with van der Waals surface area (Å²) in [7, 11) is 0. The molecule has 1 aromatic carbocycles. The summed E-state index contributed by atoms with van der Waals surface area (Å²) in [6.07, 6.45) is 1.82. The molecule has 2 aromatic heterocycles. The molecule has 2 atom stereocenters. The largest absolute Gasteiger partial charge is 0.481 e. The van der Waals surface area contributed by atoms with Gasteiger partial charge in [-0.1, -0.05) is 42.8 Å². The number of carboxylic acids is 1. The summed E-state index contributed by atoms with van der Waals surface area (Å²) in [5.74, 6) is -0.842. The minimum Gasteiger partial charge on any atom is -0.481 e. The molecule has 0 aliphatic carbocycles. The SMILES string of the molecule is CCC[C@H](C(=O)O)[C@H](Cc1ccc(-c2nn[nH]n2)cc1)c1nn[nH]n1. The van der Waals surface area contributed by atoms with Crippen molar-refractivity contribution in [3.8, 4) is 11.4 Å². The van der Waals surface area contributed by atoms with E-state index in [9.17, 15) is 9.90 Å². The van der Waals surface area contributed by atoms with Crippen molar-refractivity contribution in [2.24, 2.45) is 5.92 Å². The van der Waals surface area contributed by atoms with Crippen LogP contribution in [0.15, 0.2) is 24.3 Å². The van der Waals surface area contributed by atoms with Crippen LogP contribution < -0.4 is 0 Å². The number of nitrogens with one attached hydrogen (secondary N) is 2. The van der Waals surface area contributed by atoms with E-state index in [1.165, 1.54) is 0 Å². The average molecular weight is 342 g/mol. The van der Waals surface area contributed by atoms with Crippen molar-refractivity contribution in [3.05, 3.63) is 35.7 Å². The lowest BCUT2D eigenvalue weighted by molar-refractivity contribution is -0.142. The minimum atomic E-state index is -0.847. The van der Waals surface area contributed by atoms with Gasteiger partial charge < -0.3 is 5.11 Å². The third kappa shape index (κ3) is 3.84. The van der Waals surface area contributed by atoms with E-state index < -0.39 is 11.9 Å². The van der Waals surface area contributed by atoms with Gasteiger partial charge in [-0.05, 0) is 23.6 Å². The van der Waals surface area contributed by atoms with Crippen LogP contribution in [-0.4, -0.2) is 52.3 Å². The average Bonchev–Trinajstić information content (AvgIpc) is 3.31. The van der Waals surface area contributed by atoms with Gasteiger partial charge in [-0.2, -0.15) is 10.4 Å². The summed E-state index contributed by atoms with van der Waals surface area (Å²) >= 11 is 0. The van der Waals surface area contributed by atoms with Crippen LogP contribution in [-0.2, 0) is 11.2 Å². The smallest absolute Gasteiger partial charge is 0.307 e. The number of aromatic nitrogens is 8. The van der Waals surface area contributed by atoms with Gasteiger partial charge in [-0.15, -0.1) is 20.4 Å². The van der Waals surface area contributed by atoms with Gasteiger partial charge in [0.05, 0.1) is 5.92 Å². The second kappa shape index (κ2) is 7.60. The Morgan fingerprint density at radius 1 is 1.12 bits per heavy atom. The van der Waals surface area contributed by atoms with E-state index in [2.05, 4.69) is 41.2 Å². The Balaban J connectivity index is 1.83. The monoisotopic (exact) mass is 342 g/mol. The van der Waals surface area contributed by atoms with Crippen LogP contribution in [0.4, 0.5) is 0 Å². The molecule has 0 aliphatic rings. The number of tetrazole rings is 2. The molecule has 0 spiro atoms. The van der Waals surface area contributed by atoms with Crippen LogP contribution >= 0.6 is 0 Å². The zero-order valence-corrected chi connectivity index (χ0v) is 13.6. The van der Waals surface area contributed by atoms with Crippen LogP contribution in [0.3, 0.4) is 0 Å². The molecule has 3 aromatic rings. The molecule has 0 saturated heterocycles. The lowest BCUT2D eigenvalue weighted by Gasteiger charge is -2.21. The highest BCUT2D eigenvalue weighted by Gasteiger charge is 2.31. The van der Waals surface area contributed by atoms with Gasteiger partial charge >= 0.3 is 5.97 Å². The predicted molar refractivity (Wildman–Crippen MR) is 86.3 cm³/mol. The van der Waals surface area contributed by atoms with Crippen molar-refractivity contribution in [1.82, 2.24) is 41.2 Å². The van der Waals surface area contributed by atoms with Crippen molar-refractivity contribution in [1.29, 1.82) is 0 Å². The van der Waals surface area contributed by atoms with Crippen LogP contribution in [0.2, 0.25) is 0 Å². The standard InChI is InChI=1S/C15H18N8O2/c1-2-3-11(15(24)25)12(14-18-22-23-19-14)8-9-4-6-10(7-5-9)13-16-20-21-17-13/h4-7,11-12H,2-3,8H2,1H3,(H,24,25)(H,16,17,20,21)(H,18,19,22,23)/t11-,12-/m0/s1. The maximum Gasteiger partial charge on any atom is 0.307 e. The second-order valence-electron chi connectivity index (χ2n) is 5.75. The molecule has 25 heavy (non-hydrogen) atoms. The van der Waals surface area contributed by atoms with Gasteiger partial charge in [-0.25, -0.2) is 0 Å². The molecular formula is C15H18N8O2. The molecule has 0 fully saturated rings. The normalized spacial score (nSPS) is 13.5. The number of benzene rings is 1. The summed E-state index contributed by atoms with van der Waals surface area (Å²) in [6, 6.07) is 7.60. The highest BCUT2D eigenvalue weighted by Crippen LogP contribution is 2.30. The third-order valence-electron chi connectivity index (χ3n) is 4.11. The first kappa shape index (κ1) is 16.7. The zero-order chi connectivity index (χ0) is 17.6. The third-order valence-corrected chi connectivity index (χ3v) is 4.11. The Morgan fingerprint density at radius 2 is 1.84 bits per heavy atom. The van der Waals surface area contributed by atoms with E-state index >= 15 is 0 Å². The first-order chi connectivity index (χ1) is 12.2. The molecule has 0 radical (unpaired) electrons. The molecule has 3 rings (SSSR count). The number of rotatable bonds is 8. The van der Waals surface area contributed by atoms with Crippen molar-refractivity contribution in [2.45, 2.75) is 32.1 Å². The van der Waals surface area contributed by atoms with Gasteiger partial charge in [0.25, 0.3) is 0 Å². The van der Waals surface area contributed by atoms with Crippen LogP contribution in [0.25, 0.3) is 11.4 Å². The Hall–Kier alpha value is -3.17. The summed E-state index contributed by atoms with van der Waals surface area (Å²) in [5.41, 5.74) is 1.81. The lowest BCUT2D eigenvalue weighted by Crippen LogP contribution is -2.25. The number of H-pyrrole nitrogens is 2. The predicted octanol–water partition coefficient (Wildman–Crippen LogP) is 1.21. The second-order valence-corrected chi connectivity index (χ2v) is 5.75. The summed E-state index contributed by atoms with van der Waals surface area (Å²) < 4.78 is 0. The quantitative estimate of drug-likeness (QED) is 0.553. The topological polar surface area (TPSA) is 146 Å². The lowest BCUT2D eigenvalue weighted by atomic mass is 9.83. The molecule has 10 nitrogen and oxygen atoms in total. The molecule has 0 amide bonds. The maximum absolute atomic E-state index is 11.7.